The van der Waals surface area contributed by atoms with Gasteiger partial charge in [-0.3, -0.25) is 14.7 Å². The van der Waals surface area contributed by atoms with Crippen LogP contribution in [-0.2, 0) is 0 Å². The average molecular weight is 369 g/mol. The molecule has 0 aliphatic carbocycles. The molecule has 0 radical (unpaired) electrons. The zero-order valence-electron chi connectivity index (χ0n) is 15.3. The van der Waals surface area contributed by atoms with Crippen LogP contribution in [0.4, 0.5) is 5.69 Å². The van der Waals surface area contributed by atoms with Gasteiger partial charge in [0.15, 0.2) is 0 Å². The fourth-order valence-corrected chi connectivity index (χ4v) is 2.96. The van der Waals surface area contributed by atoms with Crippen LogP contribution in [0.15, 0.2) is 89.7 Å². The Morgan fingerprint density at radius 3 is 2.25 bits per heavy atom. The summed E-state index contributed by atoms with van der Waals surface area (Å²) < 4.78 is 1.51. The van der Waals surface area contributed by atoms with Crippen LogP contribution >= 0.6 is 0 Å². The summed E-state index contributed by atoms with van der Waals surface area (Å²) >= 11 is 0. The molecule has 0 aliphatic rings. The highest BCUT2D eigenvalue weighted by atomic mass is 16.1. The molecule has 0 saturated heterocycles. The van der Waals surface area contributed by atoms with E-state index in [9.17, 15) is 9.59 Å². The van der Waals surface area contributed by atoms with Crippen LogP contribution in [0.3, 0.4) is 0 Å². The highest BCUT2D eigenvalue weighted by Gasteiger charge is 2.09. The second-order valence-corrected chi connectivity index (χ2v) is 6.58. The second kappa shape index (κ2) is 7.40. The Morgan fingerprint density at radius 1 is 0.893 bits per heavy atom. The first-order valence-electron chi connectivity index (χ1n) is 8.96. The van der Waals surface area contributed by atoms with Gasteiger partial charge < -0.3 is 5.32 Å². The van der Waals surface area contributed by atoms with E-state index in [4.69, 9.17) is 0 Å². The van der Waals surface area contributed by atoms with Gasteiger partial charge in [-0.25, -0.2) is 4.68 Å². The Kier molecular flexibility index (Phi) is 4.64. The predicted molar refractivity (Wildman–Crippen MR) is 111 cm³/mol. The number of aromatic nitrogens is 2. The molecular formula is C23H19N3O2. The maximum atomic E-state index is 12.3. The normalized spacial score (nSPS) is 10.6. The van der Waals surface area contributed by atoms with Crippen molar-refractivity contribution in [1.82, 2.24) is 9.78 Å². The fourth-order valence-electron chi connectivity index (χ4n) is 2.96. The number of benzene rings is 3. The lowest BCUT2D eigenvalue weighted by molar-refractivity contribution is 0.102. The largest absolute Gasteiger partial charge is 0.322 e. The number of aromatic amines is 1. The van der Waals surface area contributed by atoms with Crippen molar-refractivity contribution in [2.24, 2.45) is 0 Å². The smallest absolute Gasteiger partial charge is 0.271 e. The number of carbonyl (C=O) groups is 1. The molecule has 2 N–H and O–H groups in total. The molecule has 0 unspecified atom stereocenters. The van der Waals surface area contributed by atoms with E-state index in [1.54, 1.807) is 18.2 Å². The SMILES string of the molecule is Cc1ccc(-n2[nH]c(-c3ccc(NC(=O)c4ccccc4)cc3)cc2=O)cc1. The van der Waals surface area contributed by atoms with Crippen molar-refractivity contribution >= 4 is 11.6 Å². The number of amides is 1. The molecule has 1 amide bonds. The van der Waals surface area contributed by atoms with Crippen LogP contribution in [0.5, 0.6) is 0 Å². The number of anilines is 1. The van der Waals surface area contributed by atoms with E-state index in [0.717, 1.165) is 16.8 Å². The van der Waals surface area contributed by atoms with Gasteiger partial charge in [0.05, 0.1) is 11.4 Å². The van der Waals surface area contributed by atoms with Crippen LogP contribution in [-0.4, -0.2) is 15.7 Å². The van der Waals surface area contributed by atoms with Crippen molar-refractivity contribution in [3.8, 4) is 16.9 Å². The molecule has 0 fully saturated rings. The summed E-state index contributed by atoms with van der Waals surface area (Å²) in [5.74, 6) is -0.160. The van der Waals surface area contributed by atoms with E-state index in [1.165, 1.54) is 4.68 Å². The lowest BCUT2D eigenvalue weighted by Gasteiger charge is -2.06. The van der Waals surface area contributed by atoms with Crippen LogP contribution in [0.1, 0.15) is 15.9 Å². The summed E-state index contributed by atoms with van der Waals surface area (Å²) in [5.41, 5.74) is 4.67. The Bertz CT molecular complexity index is 1160. The first kappa shape index (κ1) is 17.5. The summed E-state index contributed by atoms with van der Waals surface area (Å²) in [7, 11) is 0. The van der Waals surface area contributed by atoms with Gasteiger partial charge >= 0.3 is 0 Å². The zero-order chi connectivity index (χ0) is 19.5. The first-order valence-corrected chi connectivity index (χ1v) is 8.96. The standard InChI is InChI=1S/C23H19N3O2/c1-16-7-13-20(14-8-16)26-22(27)15-21(25-26)17-9-11-19(12-10-17)24-23(28)18-5-3-2-4-6-18/h2-15,25H,1H3,(H,24,28). The van der Waals surface area contributed by atoms with E-state index >= 15 is 0 Å². The van der Waals surface area contributed by atoms with E-state index in [2.05, 4.69) is 10.4 Å². The molecule has 138 valence electrons. The lowest BCUT2D eigenvalue weighted by atomic mass is 10.1. The average Bonchev–Trinajstić information content (AvgIpc) is 3.11. The topological polar surface area (TPSA) is 66.9 Å². The molecule has 0 saturated carbocycles. The number of hydrogen-bond donors (Lipinski definition) is 2. The third kappa shape index (κ3) is 3.64. The maximum Gasteiger partial charge on any atom is 0.271 e. The maximum absolute atomic E-state index is 12.3. The second-order valence-electron chi connectivity index (χ2n) is 6.58. The van der Waals surface area contributed by atoms with Gasteiger partial charge in [-0.05, 0) is 48.9 Å². The van der Waals surface area contributed by atoms with Crippen molar-refractivity contribution in [2.75, 3.05) is 5.32 Å². The highest BCUT2D eigenvalue weighted by molar-refractivity contribution is 6.04. The van der Waals surface area contributed by atoms with Crippen LogP contribution in [0, 0.1) is 6.92 Å². The van der Waals surface area contributed by atoms with Crippen LogP contribution in [0.25, 0.3) is 16.9 Å². The molecule has 28 heavy (non-hydrogen) atoms. The number of nitrogens with zero attached hydrogens (tertiary/aromatic N) is 1. The van der Waals surface area contributed by atoms with Crippen molar-refractivity contribution < 1.29 is 4.79 Å². The van der Waals surface area contributed by atoms with Crippen molar-refractivity contribution in [2.45, 2.75) is 6.92 Å². The quantitative estimate of drug-likeness (QED) is 0.560. The Labute approximate surface area is 162 Å². The van der Waals surface area contributed by atoms with E-state index in [1.807, 2.05) is 73.7 Å². The van der Waals surface area contributed by atoms with Crippen LogP contribution in [0.2, 0.25) is 0 Å². The highest BCUT2D eigenvalue weighted by Crippen LogP contribution is 2.20. The number of aryl methyl sites for hydroxylation is 1. The number of nitrogens with one attached hydrogen (secondary N) is 2. The van der Waals surface area contributed by atoms with Gasteiger partial charge in [-0.15, -0.1) is 0 Å². The Balaban J connectivity index is 1.54. The molecule has 0 spiro atoms. The summed E-state index contributed by atoms with van der Waals surface area (Å²) in [6, 6.07) is 25.7. The first-order chi connectivity index (χ1) is 13.6. The minimum Gasteiger partial charge on any atom is -0.322 e. The van der Waals surface area contributed by atoms with Gasteiger partial charge in [0, 0.05) is 17.3 Å². The molecule has 0 bridgehead atoms. The molecule has 0 atom stereocenters. The molecule has 1 heterocycles. The van der Waals surface area contributed by atoms with Crippen molar-refractivity contribution in [1.29, 1.82) is 0 Å². The summed E-state index contributed by atoms with van der Waals surface area (Å²) in [6.07, 6.45) is 0. The van der Waals surface area contributed by atoms with E-state index in [-0.39, 0.29) is 11.5 Å². The van der Waals surface area contributed by atoms with Crippen LogP contribution < -0.4 is 10.9 Å². The molecule has 5 nitrogen and oxygen atoms in total. The van der Waals surface area contributed by atoms with E-state index < -0.39 is 0 Å². The zero-order valence-corrected chi connectivity index (χ0v) is 15.3. The van der Waals surface area contributed by atoms with E-state index in [0.29, 0.717) is 16.9 Å². The lowest BCUT2D eigenvalue weighted by Crippen LogP contribution is -2.13. The fraction of sp³-hybridized carbons (Fsp3) is 0.0435. The van der Waals surface area contributed by atoms with Gasteiger partial charge in [-0.1, -0.05) is 48.0 Å². The third-order valence-electron chi connectivity index (χ3n) is 4.50. The van der Waals surface area contributed by atoms with Gasteiger partial charge in [0.1, 0.15) is 0 Å². The van der Waals surface area contributed by atoms with Crippen molar-refractivity contribution in [3.05, 3.63) is 106 Å². The molecule has 1 aromatic heterocycles. The number of H-pyrrole nitrogens is 1. The van der Waals surface area contributed by atoms with Gasteiger partial charge in [0.25, 0.3) is 11.5 Å². The number of rotatable bonds is 4. The summed E-state index contributed by atoms with van der Waals surface area (Å²) in [5, 5.41) is 6.00. The summed E-state index contributed by atoms with van der Waals surface area (Å²) in [4.78, 5) is 24.6. The molecule has 3 aromatic carbocycles. The van der Waals surface area contributed by atoms with Crippen molar-refractivity contribution in [3.63, 3.8) is 0 Å². The summed E-state index contributed by atoms with van der Waals surface area (Å²) in [6.45, 7) is 2.00. The van der Waals surface area contributed by atoms with Gasteiger partial charge in [0.2, 0.25) is 0 Å². The molecule has 0 aliphatic heterocycles. The van der Waals surface area contributed by atoms with Gasteiger partial charge in [-0.2, -0.15) is 0 Å². The number of carbonyl (C=O) groups excluding carboxylic acids is 1. The molecule has 4 rings (SSSR count). The minimum atomic E-state index is -0.160. The minimum absolute atomic E-state index is 0.125. The molecular weight excluding hydrogens is 350 g/mol. The monoisotopic (exact) mass is 369 g/mol. The molecule has 4 aromatic rings. The Morgan fingerprint density at radius 2 is 1.57 bits per heavy atom. The Hall–Kier alpha value is -3.86. The predicted octanol–water partition coefficient (Wildman–Crippen LogP) is 4.39. The molecule has 5 heteroatoms. The third-order valence-corrected chi connectivity index (χ3v) is 4.50. The number of hydrogen-bond acceptors (Lipinski definition) is 2.